The summed E-state index contributed by atoms with van der Waals surface area (Å²) in [5.41, 5.74) is 12.5. The summed E-state index contributed by atoms with van der Waals surface area (Å²) in [5.74, 6) is 0.799. The summed E-state index contributed by atoms with van der Waals surface area (Å²) in [4.78, 5) is 15.2. The van der Waals surface area contributed by atoms with Gasteiger partial charge in [0, 0.05) is 77.3 Å². The molecule has 188 valence electrons. The van der Waals surface area contributed by atoms with Gasteiger partial charge in [-0.05, 0) is 56.6 Å². The van der Waals surface area contributed by atoms with Crippen LogP contribution >= 0.6 is 0 Å². The van der Waals surface area contributed by atoms with E-state index in [1.807, 2.05) is 25.5 Å². The first-order chi connectivity index (χ1) is 17.5. The Hall–Kier alpha value is -3.91. The van der Waals surface area contributed by atoms with Gasteiger partial charge in [-0.25, -0.2) is 4.98 Å². The SMILES string of the molecule is C=C(NCCN1CCCC(C)C1)c1cnc(C)c(-c2cnc3[nH]c(-c4cn[nH]c4)cc3c2)c1.C=CN. The van der Waals surface area contributed by atoms with Gasteiger partial charge in [0.1, 0.15) is 5.65 Å². The van der Waals surface area contributed by atoms with Gasteiger partial charge in [0.2, 0.25) is 0 Å². The highest BCUT2D eigenvalue weighted by Gasteiger charge is 2.16. The second-order valence-electron chi connectivity index (χ2n) is 9.38. The minimum Gasteiger partial charge on any atom is -0.405 e. The number of nitrogens with one attached hydrogen (secondary N) is 3. The lowest BCUT2D eigenvalue weighted by Crippen LogP contribution is -2.38. The molecule has 0 saturated carbocycles. The minimum absolute atomic E-state index is 0.799. The molecule has 8 nitrogen and oxygen atoms in total. The van der Waals surface area contributed by atoms with Crippen LogP contribution in [0.1, 0.15) is 31.0 Å². The quantitative estimate of drug-likeness (QED) is 0.302. The van der Waals surface area contributed by atoms with Crippen LogP contribution in [0.2, 0.25) is 0 Å². The molecule has 0 radical (unpaired) electrons. The number of pyridine rings is 2. The molecular formula is C28H36N8. The van der Waals surface area contributed by atoms with E-state index in [-0.39, 0.29) is 0 Å². The molecule has 5 heterocycles. The predicted molar refractivity (Wildman–Crippen MR) is 148 cm³/mol. The third kappa shape index (κ3) is 6.01. The van der Waals surface area contributed by atoms with Crippen molar-refractivity contribution in [3.05, 3.63) is 73.6 Å². The van der Waals surface area contributed by atoms with Crippen LogP contribution in [0.25, 0.3) is 39.1 Å². The van der Waals surface area contributed by atoms with Crippen LogP contribution in [-0.2, 0) is 0 Å². The van der Waals surface area contributed by atoms with Crippen LogP contribution < -0.4 is 11.1 Å². The Kier molecular flexibility index (Phi) is 8.17. The molecule has 1 unspecified atom stereocenters. The maximum Gasteiger partial charge on any atom is 0.137 e. The highest BCUT2D eigenvalue weighted by atomic mass is 15.1. The molecule has 1 aliphatic rings. The smallest absolute Gasteiger partial charge is 0.137 e. The monoisotopic (exact) mass is 484 g/mol. The number of fused-ring (bicyclic) bond motifs is 1. The van der Waals surface area contributed by atoms with E-state index in [2.05, 4.69) is 79.4 Å². The second kappa shape index (κ2) is 11.7. The number of piperidine rings is 1. The van der Waals surface area contributed by atoms with Crippen molar-refractivity contribution < 1.29 is 0 Å². The van der Waals surface area contributed by atoms with Gasteiger partial charge in [-0.15, -0.1) is 0 Å². The molecule has 1 aliphatic heterocycles. The zero-order valence-corrected chi connectivity index (χ0v) is 21.2. The van der Waals surface area contributed by atoms with Gasteiger partial charge in [-0.2, -0.15) is 5.10 Å². The molecule has 1 fully saturated rings. The van der Waals surface area contributed by atoms with Crippen LogP contribution in [0.5, 0.6) is 0 Å². The largest absolute Gasteiger partial charge is 0.405 e. The molecule has 5 N–H and O–H groups in total. The Morgan fingerprint density at radius 3 is 2.81 bits per heavy atom. The number of likely N-dealkylation sites (tertiary alicyclic amines) is 1. The predicted octanol–water partition coefficient (Wildman–Crippen LogP) is 4.70. The number of nitrogens with two attached hydrogens (primary N) is 1. The van der Waals surface area contributed by atoms with Gasteiger partial charge in [0.25, 0.3) is 0 Å². The zero-order valence-electron chi connectivity index (χ0n) is 21.2. The van der Waals surface area contributed by atoms with Crippen LogP contribution in [-0.4, -0.2) is 56.2 Å². The van der Waals surface area contributed by atoms with E-state index >= 15 is 0 Å². The summed E-state index contributed by atoms with van der Waals surface area (Å²) in [6.07, 6.45) is 11.4. The third-order valence-corrected chi connectivity index (χ3v) is 6.53. The molecule has 4 aromatic rings. The molecule has 36 heavy (non-hydrogen) atoms. The molecule has 4 aromatic heterocycles. The summed E-state index contributed by atoms with van der Waals surface area (Å²) in [7, 11) is 0. The number of nitrogens with zero attached hydrogens (tertiary/aromatic N) is 4. The summed E-state index contributed by atoms with van der Waals surface area (Å²) in [6, 6.07) is 6.42. The van der Waals surface area contributed by atoms with Crippen molar-refractivity contribution in [1.29, 1.82) is 0 Å². The van der Waals surface area contributed by atoms with Crippen LogP contribution in [0.15, 0.2) is 62.3 Å². The van der Waals surface area contributed by atoms with E-state index in [9.17, 15) is 0 Å². The summed E-state index contributed by atoms with van der Waals surface area (Å²) in [5, 5.41) is 11.4. The van der Waals surface area contributed by atoms with E-state index in [1.54, 1.807) is 6.20 Å². The van der Waals surface area contributed by atoms with Gasteiger partial charge < -0.3 is 20.9 Å². The number of hydrogen-bond donors (Lipinski definition) is 4. The number of aryl methyl sites for hydroxylation is 1. The highest BCUT2D eigenvalue weighted by molar-refractivity contribution is 5.87. The van der Waals surface area contributed by atoms with E-state index in [1.165, 1.54) is 32.1 Å². The van der Waals surface area contributed by atoms with Crippen LogP contribution in [0, 0.1) is 12.8 Å². The van der Waals surface area contributed by atoms with Crippen molar-refractivity contribution in [3.8, 4) is 22.4 Å². The van der Waals surface area contributed by atoms with Crippen LogP contribution in [0.3, 0.4) is 0 Å². The third-order valence-electron chi connectivity index (χ3n) is 6.53. The normalized spacial score (nSPS) is 15.8. The first-order valence-electron chi connectivity index (χ1n) is 12.4. The fourth-order valence-electron chi connectivity index (χ4n) is 4.66. The van der Waals surface area contributed by atoms with Crippen LogP contribution in [0.4, 0.5) is 0 Å². The number of hydrogen-bond acceptors (Lipinski definition) is 6. The van der Waals surface area contributed by atoms with Gasteiger partial charge in [-0.3, -0.25) is 10.1 Å². The fourth-order valence-corrected chi connectivity index (χ4v) is 4.66. The molecular weight excluding hydrogens is 448 g/mol. The Balaban J connectivity index is 0.000000967. The minimum atomic E-state index is 0.799. The number of aromatic nitrogens is 5. The van der Waals surface area contributed by atoms with E-state index in [4.69, 9.17) is 0 Å². The van der Waals surface area contributed by atoms with E-state index < -0.39 is 0 Å². The highest BCUT2D eigenvalue weighted by Crippen LogP contribution is 2.29. The lowest BCUT2D eigenvalue weighted by Gasteiger charge is -2.31. The second-order valence-corrected chi connectivity index (χ2v) is 9.38. The average Bonchev–Trinajstić information content (AvgIpc) is 3.54. The lowest BCUT2D eigenvalue weighted by molar-refractivity contribution is 0.186. The molecule has 0 bridgehead atoms. The number of aromatic amines is 2. The summed E-state index contributed by atoms with van der Waals surface area (Å²) >= 11 is 0. The Bertz CT molecular complexity index is 1300. The lowest BCUT2D eigenvalue weighted by atomic mass is 10.0. The molecule has 1 atom stereocenters. The maximum atomic E-state index is 4.65. The summed E-state index contributed by atoms with van der Waals surface area (Å²) < 4.78 is 0. The van der Waals surface area contributed by atoms with Gasteiger partial charge in [0.05, 0.1) is 11.9 Å². The fraction of sp³-hybridized carbons (Fsp3) is 0.321. The molecule has 5 rings (SSSR count). The molecule has 0 amide bonds. The van der Waals surface area contributed by atoms with E-state index in [0.29, 0.717) is 0 Å². The van der Waals surface area contributed by atoms with Gasteiger partial charge in [-0.1, -0.05) is 20.1 Å². The summed E-state index contributed by atoms with van der Waals surface area (Å²) in [6.45, 7) is 16.1. The Morgan fingerprint density at radius 2 is 2.06 bits per heavy atom. The number of rotatable bonds is 7. The van der Waals surface area contributed by atoms with Crippen molar-refractivity contribution in [1.82, 2.24) is 35.4 Å². The topological polar surface area (TPSA) is 112 Å². The van der Waals surface area contributed by atoms with Gasteiger partial charge >= 0.3 is 0 Å². The molecule has 0 aliphatic carbocycles. The van der Waals surface area contributed by atoms with Gasteiger partial charge in [0.15, 0.2) is 0 Å². The van der Waals surface area contributed by atoms with Crippen molar-refractivity contribution in [2.75, 3.05) is 26.2 Å². The molecule has 8 heteroatoms. The molecule has 0 spiro atoms. The average molecular weight is 485 g/mol. The van der Waals surface area contributed by atoms with Crippen molar-refractivity contribution >= 4 is 16.7 Å². The van der Waals surface area contributed by atoms with Crippen molar-refractivity contribution in [2.45, 2.75) is 26.7 Å². The molecule has 1 saturated heterocycles. The van der Waals surface area contributed by atoms with Crippen molar-refractivity contribution in [3.63, 3.8) is 0 Å². The number of H-pyrrole nitrogens is 2. The first-order valence-corrected chi connectivity index (χ1v) is 12.4. The zero-order chi connectivity index (χ0) is 25.5. The Morgan fingerprint density at radius 1 is 1.22 bits per heavy atom. The van der Waals surface area contributed by atoms with E-state index in [0.717, 1.165) is 69.4 Å². The molecule has 0 aromatic carbocycles. The maximum absolute atomic E-state index is 4.65. The first kappa shape index (κ1) is 25.2. The Labute approximate surface area is 212 Å². The van der Waals surface area contributed by atoms with Crippen molar-refractivity contribution in [2.24, 2.45) is 11.7 Å². The standard InChI is InChI=1S/C26H31N7.C2H5N/c1-17-5-4-7-33(16-17)8-6-27-18(2)21-10-24(19(3)28-12-21)22-9-20-11-25(23-14-30-31-15-23)32-26(20)29-13-22;1-2-3/h9-15,17,27H,2,4-8,16H2,1,3H3,(H,29,32)(H,30,31);2H,1,3H2.